The Labute approximate surface area is 81.4 Å². The molecule has 3 heteroatoms. The lowest BCUT2D eigenvalue weighted by molar-refractivity contribution is 0.134. The van der Waals surface area contributed by atoms with Crippen LogP contribution >= 0.6 is 9.24 Å². The summed E-state index contributed by atoms with van der Waals surface area (Å²) >= 11 is 0. The fourth-order valence-corrected chi connectivity index (χ4v) is 1.42. The van der Waals surface area contributed by atoms with Crippen LogP contribution in [0.2, 0.25) is 0 Å². The fraction of sp³-hybridized carbons (Fsp3) is 0.400. The zero-order valence-corrected chi connectivity index (χ0v) is 9.36. The first-order valence-corrected chi connectivity index (χ1v) is 5.12. The number of aryl methyl sites for hydroxylation is 1. The van der Waals surface area contributed by atoms with Gasteiger partial charge in [0, 0.05) is 0 Å². The zero-order chi connectivity index (χ0) is 9.84. The standard InChI is InChI=1S/C8H9O2P.C2H6/c1-5-3-2-4-6-7(5)10-8(11)9-6;1-2/h2-4,8H,11H2,1H3;1-2H3. The largest absolute Gasteiger partial charge is 0.448 e. The molecular formula is C10H15O2P. The van der Waals surface area contributed by atoms with E-state index in [1.54, 1.807) is 0 Å². The first-order valence-electron chi connectivity index (χ1n) is 4.46. The van der Waals surface area contributed by atoms with Gasteiger partial charge in [0.2, 0.25) is 0 Å². The molecule has 0 radical (unpaired) electrons. The summed E-state index contributed by atoms with van der Waals surface area (Å²) in [6, 6.07) is 5.66. The minimum absolute atomic E-state index is 0.217. The molecule has 2 atom stereocenters. The molecule has 2 unspecified atom stereocenters. The van der Waals surface area contributed by atoms with Crippen molar-refractivity contribution < 1.29 is 9.47 Å². The number of ether oxygens (including phenoxy) is 2. The predicted octanol–water partition coefficient (Wildman–Crippen LogP) is 2.95. The highest BCUT2D eigenvalue weighted by Gasteiger charge is 2.20. The van der Waals surface area contributed by atoms with Crippen molar-refractivity contribution >= 4 is 9.24 Å². The van der Waals surface area contributed by atoms with E-state index >= 15 is 0 Å². The molecule has 1 aliphatic heterocycles. The van der Waals surface area contributed by atoms with Crippen molar-refractivity contribution in [2.24, 2.45) is 0 Å². The van der Waals surface area contributed by atoms with Crippen molar-refractivity contribution in [2.75, 3.05) is 0 Å². The molecule has 1 aromatic rings. The number of hydrogen-bond donors (Lipinski definition) is 0. The highest BCUT2D eigenvalue weighted by molar-refractivity contribution is 7.17. The molecule has 0 bridgehead atoms. The van der Waals surface area contributed by atoms with Crippen molar-refractivity contribution in [3.8, 4) is 11.5 Å². The fourth-order valence-electron chi connectivity index (χ4n) is 1.13. The van der Waals surface area contributed by atoms with E-state index in [0.717, 1.165) is 17.1 Å². The summed E-state index contributed by atoms with van der Waals surface area (Å²) < 4.78 is 10.7. The molecule has 0 amide bonds. The van der Waals surface area contributed by atoms with Gasteiger partial charge in [0.15, 0.2) is 11.5 Å². The van der Waals surface area contributed by atoms with Gasteiger partial charge in [0.1, 0.15) is 0 Å². The Morgan fingerprint density at radius 1 is 1.23 bits per heavy atom. The van der Waals surface area contributed by atoms with Crippen LogP contribution in [0, 0.1) is 6.92 Å². The Bertz CT molecular complexity index is 286. The van der Waals surface area contributed by atoms with E-state index in [1.807, 2.05) is 39.0 Å². The van der Waals surface area contributed by atoms with Gasteiger partial charge in [-0.25, -0.2) is 0 Å². The van der Waals surface area contributed by atoms with E-state index in [4.69, 9.17) is 9.47 Å². The molecule has 0 saturated heterocycles. The molecule has 13 heavy (non-hydrogen) atoms. The van der Waals surface area contributed by atoms with Gasteiger partial charge in [-0.3, -0.25) is 0 Å². The Morgan fingerprint density at radius 3 is 2.54 bits per heavy atom. The zero-order valence-electron chi connectivity index (χ0n) is 8.20. The minimum Gasteiger partial charge on any atom is -0.448 e. The molecule has 2 nitrogen and oxygen atoms in total. The second kappa shape index (κ2) is 4.48. The van der Waals surface area contributed by atoms with Gasteiger partial charge < -0.3 is 9.47 Å². The number of hydrogen-bond acceptors (Lipinski definition) is 2. The van der Waals surface area contributed by atoms with E-state index in [-0.39, 0.29) is 6.03 Å². The van der Waals surface area contributed by atoms with Crippen molar-refractivity contribution in [1.82, 2.24) is 0 Å². The Hall–Kier alpha value is -0.750. The Balaban J connectivity index is 0.000000396. The molecule has 2 rings (SSSR count). The molecule has 1 aliphatic rings. The maximum Gasteiger partial charge on any atom is 0.252 e. The van der Waals surface area contributed by atoms with Crippen LogP contribution in [0.3, 0.4) is 0 Å². The monoisotopic (exact) mass is 198 g/mol. The van der Waals surface area contributed by atoms with Gasteiger partial charge in [0.25, 0.3) is 6.03 Å². The van der Waals surface area contributed by atoms with Gasteiger partial charge >= 0.3 is 0 Å². The van der Waals surface area contributed by atoms with Gasteiger partial charge in [-0.15, -0.1) is 0 Å². The molecule has 0 saturated carbocycles. The first kappa shape index (κ1) is 10.3. The van der Waals surface area contributed by atoms with Crippen LogP contribution in [0.25, 0.3) is 0 Å². The quantitative estimate of drug-likeness (QED) is 0.597. The average molecular weight is 198 g/mol. The van der Waals surface area contributed by atoms with E-state index in [0.29, 0.717) is 0 Å². The minimum atomic E-state index is -0.217. The summed E-state index contributed by atoms with van der Waals surface area (Å²) in [6.07, 6.45) is 0. The average Bonchev–Trinajstić information content (AvgIpc) is 2.51. The molecule has 0 N–H and O–H groups in total. The van der Waals surface area contributed by atoms with Crippen molar-refractivity contribution in [3.05, 3.63) is 23.8 Å². The first-order chi connectivity index (χ1) is 6.27. The maximum absolute atomic E-state index is 5.38. The molecule has 0 fully saturated rings. The lowest BCUT2D eigenvalue weighted by Gasteiger charge is -2.00. The summed E-state index contributed by atoms with van der Waals surface area (Å²) in [7, 11) is 2.48. The molecular weight excluding hydrogens is 183 g/mol. The van der Waals surface area contributed by atoms with Gasteiger partial charge in [0.05, 0.1) is 0 Å². The van der Waals surface area contributed by atoms with Crippen LogP contribution < -0.4 is 9.47 Å². The van der Waals surface area contributed by atoms with Crippen LogP contribution in [0.15, 0.2) is 18.2 Å². The third kappa shape index (κ3) is 2.13. The molecule has 0 aromatic heterocycles. The highest BCUT2D eigenvalue weighted by atomic mass is 31.0. The number of benzene rings is 1. The van der Waals surface area contributed by atoms with E-state index in [1.165, 1.54) is 0 Å². The maximum atomic E-state index is 5.38. The molecule has 1 heterocycles. The van der Waals surface area contributed by atoms with Gasteiger partial charge in [-0.2, -0.15) is 0 Å². The lowest BCUT2D eigenvalue weighted by atomic mass is 10.2. The van der Waals surface area contributed by atoms with Crippen molar-refractivity contribution in [3.63, 3.8) is 0 Å². The van der Waals surface area contributed by atoms with Gasteiger partial charge in [-0.1, -0.05) is 26.0 Å². The van der Waals surface area contributed by atoms with E-state index < -0.39 is 0 Å². The van der Waals surface area contributed by atoms with E-state index in [9.17, 15) is 0 Å². The summed E-state index contributed by atoms with van der Waals surface area (Å²) in [4.78, 5) is 0. The topological polar surface area (TPSA) is 18.5 Å². The third-order valence-electron chi connectivity index (χ3n) is 1.65. The highest BCUT2D eigenvalue weighted by Crippen LogP contribution is 2.38. The van der Waals surface area contributed by atoms with Crippen LogP contribution in [0.5, 0.6) is 11.5 Å². The van der Waals surface area contributed by atoms with Crippen molar-refractivity contribution in [2.45, 2.75) is 26.8 Å². The summed E-state index contributed by atoms with van der Waals surface area (Å²) in [5.41, 5.74) is 1.12. The molecule has 0 spiro atoms. The number of para-hydroxylation sites is 1. The number of rotatable bonds is 0. The predicted molar refractivity (Wildman–Crippen MR) is 57.3 cm³/mol. The summed E-state index contributed by atoms with van der Waals surface area (Å²) in [6.45, 7) is 6.00. The van der Waals surface area contributed by atoms with Crippen LogP contribution in [-0.4, -0.2) is 6.03 Å². The van der Waals surface area contributed by atoms with Crippen LogP contribution in [0.4, 0.5) is 0 Å². The lowest BCUT2D eigenvalue weighted by Crippen LogP contribution is -2.06. The summed E-state index contributed by atoms with van der Waals surface area (Å²) in [5.74, 6) is 1.71. The third-order valence-corrected chi connectivity index (χ3v) is 1.93. The van der Waals surface area contributed by atoms with Crippen LogP contribution in [-0.2, 0) is 0 Å². The molecule has 72 valence electrons. The Kier molecular flexibility index (Phi) is 3.56. The van der Waals surface area contributed by atoms with Crippen LogP contribution in [0.1, 0.15) is 19.4 Å². The second-order valence-corrected chi connectivity index (χ2v) is 3.05. The summed E-state index contributed by atoms with van der Waals surface area (Å²) in [5, 5.41) is 0. The van der Waals surface area contributed by atoms with E-state index in [2.05, 4.69) is 9.24 Å². The normalized spacial score (nSPS) is 17.7. The van der Waals surface area contributed by atoms with Gasteiger partial charge in [-0.05, 0) is 27.8 Å². The second-order valence-electron chi connectivity index (χ2n) is 2.51. The SMILES string of the molecule is CC.Cc1cccc2c1OC(P)O2. The smallest absolute Gasteiger partial charge is 0.252 e. The Morgan fingerprint density at radius 2 is 1.92 bits per heavy atom. The molecule has 1 aromatic carbocycles. The van der Waals surface area contributed by atoms with Crippen molar-refractivity contribution in [1.29, 1.82) is 0 Å². The molecule has 0 aliphatic carbocycles. The number of fused-ring (bicyclic) bond motifs is 1.